The third kappa shape index (κ3) is 4.43. The zero-order valence-electron chi connectivity index (χ0n) is 12.4. The molecule has 112 valence electrons. The Morgan fingerprint density at radius 2 is 1.86 bits per heavy atom. The monoisotopic (exact) mass is 342 g/mol. The standard InChI is InChI=1S/C15H17Cl2N3S/c1-10-5-7-11(8-6-10)18-14-19-13(15(2,3)4)20(21-14)9-12(16)17/h5-9H,1-4H3/p+1. The lowest BCUT2D eigenvalue weighted by atomic mass is 9.96. The van der Waals surface area contributed by atoms with Crippen molar-refractivity contribution in [2.24, 2.45) is 0 Å². The van der Waals surface area contributed by atoms with E-state index >= 15 is 0 Å². The number of nitrogens with one attached hydrogen (secondary N) is 1. The number of benzene rings is 1. The van der Waals surface area contributed by atoms with Gasteiger partial charge in [0.05, 0.1) is 5.41 Å². The Bertz CT molecular complexity index is 651. The molecule has 0 radical (unpaired) electrons. The van der Waals surface area contributed by atoms with Gasteiger partial charge in [0.2, 0.25) is 0 Å². The predicted octanol–water partition coefficient (Wildman–Crippen LogP) is 5.01. The number of hydrogen-bond donors (Lipinski definition) is 1. The number of anilines is 2. The molecule has 3 nitrogen and oxygen atoms in total. The zero-order valence-corrected chi connectivity index (χ0v) is 14.8. The van der Waals surface area contributed by atoms with Gasteiger partial charge in [-0.15, -0.1) is 3.96 Å². The number of aryl methyl sites for hydroxylation is 1. The van der Waals surface area contributed by atoms with Crippen molar-refractivity contribution in [2.45, 2.75) is 33.1 Å². The largest absolute Gasteiger partial charge is 0.339 e. The third-order valence-corrected chi connectivity index (χ3v) is 3.83. The van der Waals surface area contributed by atoms with Gasteiger partial charge in [-0.1, -0.05) is 40.9 Å². The molecule has 1 N–H and O–H groups in total. The maximum atomic E-state index is 5.79. The van der Waals surface area contributed by atoms with E-state index in [4.69, 9.17) is 23.2 Å². The summed E-state index contributed by atoms with van der Waals surface area (Å²) in [7, 11) is 0. The van der Waals surface area contributed by atoms with E-state index in [0.29, 0.717) is 0 Å². The first-order valence-corrected chi connectivity index (χ1v) is 8.08. The van der Waals surface area contributed by atoms with Crippen LogP contribution in [0.25, 0.3) is 6.20 Å². The molecule has 0 aliphatic rings. The summed E-state index contributed by atoms with van der Waals surface area (Å²) in [4.78, 5) is 4.66. The molecule has 0 saturated heterocycles. The van der Waals surface area contributed by atoms with Gasteiger partial charge < -0.3 is 5.32 Å². The van der Waals surface area contributed by atoms with Crippen LogP contribution in [-0.2, 0) is 5.41 Å². The van der Waals surface area contributed by atoms with Crippen molar-refractivity contribution in [2.75, 3.05) is 5.32 Å². The molecule has 1 aromatic carbocycles. The van der Waals surface area contributed by atoms with Gasteiger partial charge in [0.1, 0.15) is 22.2 Å². The Balaban J connectivity index is 2.35. The predicted molar refractivity (Wildman–Crippen MR) is 91.4 cm³/mol. The van der Waals surface area contributed by atoms with Crippen LogP contribution in [0.3, 0.4) is 0 Å². The van der Waals surface area contributed by atoms with Crippen LogP contribution in [0, 0.1) is 6.92 Å². The summed E-state index contributed by atoms with van der Waals surface area (Å²) in [5.74, 6) is 0.904. The Morgan fingerprint density at radius 1 is 1.24 bits per heavy atom. The van der Waals surface area contributed by atoms with E-state index in [9.17, 15) is 0 Å². The van der Waals surface area contributed by atoms with Gasteiger partial charge in [0, 0.05) is 5.69 Å². The number of aromatic nitrogens is 2. The maximum Gasteiger partial charge on any atom is 0.339 e. The van der Waals surface area contributed by atoms with Crippen molar-refractivity contribution >= 4 is 51.8 Å². The highest BCUT2D eigenvalue weighted by atomic mass is 35.5. The van der Waals surface area contributed by atoms with Gasteiger partial charge in [-0.2, -0.15) is 0 Å². The minimum absolute atomic E-state index is 0.108. The first-order chi connectivity index (χ1) is 9.75. The number of nitrogens with zero attached hydrogens (tertiary/aromatic N) is 2. The molecule has 0 aliphatic carbocycles. The van der Waals surface area contributed by atoms with Crippen molar-refractivity contribution in [3.63, 3.8) is 0 Å². The molecule has 1 heterocycles. The fraction of sp³-hybridized carbons (Fsp3) is 0.333. The molecule has 2 aromatic rings. The highest BCUT2D eigenvalue weighted by Crippen LogP contribution is 2.25. The van der Waals surface area contributed by atoms with E-state index < -0.39 is 0 Å². The lowest BCUT2D eigenvalue weighted by Gasteiger charge is -2.08. The Labute approximate surface area is 139 Å². The van der Waals surface area contributed by atoms with Gasteiger partial charge in [0.15, 0.2) is 0 Å². The quantitative estimate of drug-likeness (QED) is 0.794. The summed E-state index contributed by atoms with van der Waals surface area (Å²) in [5.41, 5.74) is 2.12. The van der Waals surface area contributed by atoms with Crippen molar-refractivity contribution < 1.29 is 3.96 Å². The second-order valence-electron chi connectivity index (χ2n) is 5.82. The van der Waals surface area contributed by atoms with Gasteiger partial charge in [-0.3, -0.25) is 0 Å². The number of halogens is 2. The minimum Gasteiger partial charge on any atom is -0.308 e. The SMILES string of the molecule is Cc1ccc(Nc2nc(C(C)(C)C)[n+](C=C(Cl)Cl)s2)cc1. The minimum atomic E-state index is -0.108. The van der Waals surface area contributed by atoms with Crippen LogP contribution in [0.5, 0.6) is 0 Å². The summed E-state index contributed by atoms with van der Waals surface area (Å²) in [5, 5.41) is 4.11. The molecule has 0 atom stereocenters. The van der Waals surface area contributed by atoms with Crippen molar-refractivity contribution in [1.29, 1.82) is 0 Å². The third-order valence-electron chi connectivity index (χ3n) is 2.79. The van der Waals surface area contributed by atoms with E-state index in [1.54, 1.807) is 6.20 Å². The topological polar surface area (TPSA) is 28.8 Å². The molecule has 0 unspecified atom stereocenters. The number of rotatable bonds is 3. The summed E-state index contributed by atoms with van der Waals surface area (Å²) in [6.07, 6.45) is 1.67. The van der Waals surface area contributed by atoms with Gasteiger partial charge in [-0.05, 0) is 44.8 Å². The van der Waals surface area contributed by atoms with Crippen LogP contribution < -0.4 is 9.27 Å². The first kappa shape index (κ1) is 16.3. The molecule has 0 bridgehead atoms. The van der Waals surface area contributed by atoms with E-state index in [2.05, 4.69) is 50.1 Å². The van der Waals surface area contributed by atoms with Gasteiger partial charge in [-0.25, -0.2) is 0 Å². The molecule has 2 rings (SSSR count). The number of hydrogen-bond acceptors (Lipinski definition) is 3. The molecular weight excluding hydrogens is 325 g/mol. The van der Waals surface area contributed by atoms with Crippen LogP contribution in [0.2, 0.25) is 0 Å². The Kier molecular flexibility index (Phi) is 4.91. The molecule has 0 saturated carbocycles. The molecule has 0 amide bonds. The summed E-state index contributed by atoms with van der Waals surface area (Å²) < 4.78 is 2.10. The zero-order chi connectivity index (χ0) is 15.6. The van der Waals surface area contributed by atoms with Gasteiger partial charge >= 0.3 is 11.0 Å². The van der Waals surface area contributed by atoms with Crippen LogP contribution in [0.4, 0.5) is 10.8 Å². The van der Waals surface area contributed by atoms with E-state index in [1.807, 2.05) is 16.1 Å². The lowest BCUT2D eigenvalue weighted by Crippen LogP contribution is -2.34. The normalized spacial score (nSPS) is 11.3. The highest BCUT2D eigenvalue weighted by Gasteiger charge is 2.32. The van der Waals surface area contributed by atoms with Crippen molar-refractivity contribution in [1.82, 2.24) is 4.98 Å². The molecule has 0 fully saturated rings. The maximum absolute atomic E-state index is 5.79. The fourth-order valence-corrected chi connectivity index (χ4v) is 3.14. The highest BCUT2D eigenvalue weighted by molar-refractivity contribution is 7.06. The van der Waals surface area contributed by atoms with Crippen LogP contribution in [0.15, 0.2) is 28.8 Å². The van der Waals surface area contributed by atoms with E-state index in [1.165, 1.54) is 17.1 Å². The molecule has 0 aliphatic heterocycles. The van der Waals surface area contributed by atoms with Crippen molar-refractivity contribution in [3.05, 3.63) is 40.1 Å². The molecule has 6 heteroatoms. The Morgan fingerprint density at radius 3 is 2.38 bits per heavy atom. The molecule has 21 heavy (non-hydrogen) atoms. The van der Waals surface area contributed by atoms with Crippen molar-refractivity contribution in [3.8, 4) is 0 Å². The fourth-order valence-electron chi connectivity index (χ4n) is 1.79. The van der Waals surface area contributed by atoms with E-state index in [0.717, 1.165) is 16.6 Å². The Hall–Kier alpha value is -1.10. The second kappa shape index (κ2) is 6.34. The average molecular weight is 343 g/mol. The van der Waals surface area contributed by atoms with Crippen LogP contribution in [0.1, 0.15) is 32.2 Å². The molecule has 1 aromatic heterocycles. The summed E-state index contributed by atoms with van der Waals surface area (Å²) in [6, 6.07) is 8.18. The average Bonchev–Trinajstić information content (AvgIpc) is 2.74. The molecule has 0 spiro atoms. The molecular formula is C15H18Cl2N3S+. The second-order valence-corrected chi connectivity index (χ2v) is 7.79. The van der Waals surface area contributed by atoms with Crippen LogP contribution in [-0.4, -0.2) is 4.98 Å². The van der Waals surface area contributed by atoms with Crippen LogP contribution >= 0.6 is 34.7 Å². The summed E-state index contributed by atoms with van der Waals surface area (Å²) >= 11 is 13.0. The smallest absolute Gasteiger partial charge is 0.308 e. The van der Waals surface area contributed by atoms with E-state index in [-0.39, 0.29) is 9.91 Å². The van der Waals surface area contributed by atoms with Gasteiger partial charge in [0.25, 0.3) is 0 Å². The summed E-state index contributed by atoms with van der Waals surface area (Å²) in [6.45, 7) is 8.37. The lowest BCUT2D eigenvalue weighted by molar-refractivity contribution is -0.509. The first-order valence-electron chi connectivity index (χ1n) is 6.55.